The van der Waals surface area contributed by atoms with Gasteiger partial charge in [0, 0.05) is 28.3 Å². The normalized spacial score (nSPS) is 12.0. The van der Waals surface area contributed by atoms with Gasteiger partial charge >= 0.3 is 0 Å². The Morgan fingerprint density at radius 3 is 2.71 bits per heavy atom. The van der Waals surface area contributed by atoms with E-state index in [2.05, 4.69) is 4.98 Å². The molecule has 3 aromatic rings. The van der Waals surface area contributed by atoms with Crippen molar-refractivity contribution in [1.29, 1.82) is 0 Å². The van der Waals surface area contributed by atoms with Crippen LogP contribution in [0.1, 0.15) is 20.8 Å². The van der Waals surface area contributed by atoms with E-state index in [-0.39, 0.29) is 16.8 Å². The van der Waals surface area contributed by atoms with Gasteiger partial charge in [0.1, 0.15) is 10.6 Å². The summed E-state index contributed by atoms with van der Waals surface area (Å²) in [5, 5.41) is 5.24. The Hall–Kier alpha value is -1.44. The van der Waals surface area contributed by atoms with E-state index in [9.17, 15) is 9.59 Å². The standard InChI is InChI=1S/C17H18N2O2S3/c1-17(2,3)12(20)9-24-16-18-14-13(15(21)19(16)4)10(8-23-14)11-6-5-7-22-11/h5-8H,9H2,1-4H3. The number of ketones is 1. The molecule has 0 N–H and O–H groups in total. The zero-order valence-corrected chi connectivity index (χ0v) is 16.4. The Balaban J connectivity index is 2.00. The molecular formula is C17H18N2O2S3. The monoisotopic (exact) mass is 378 g/mol. The van der Waals surface area contributed by atoms with E-state index in [0.29, 0.717) is 16.3 Å². The van der Waals surface area contributed by atoms with E-state index in [0.717, 1.165) is 15.3 Å². The average molecular weight is 379 g/mol. The molecule has 0 aliphatic rings. The van der Waals surface area contributed by atoms with Gasteiger partial charge in [-0.05, 0) is 11.4 Å². The van der Waals surface area contributed by atoms with Crippen LogP contribution < -0.4 is 5.56 Å². The van der Waals surface area contributed by atoms with Gasteiger partial charge in [0.2, 0.25) is 0 Å². The van der Waals surface area contributed by atoms with Crippen LogP contribution in [0.5, 0.6) is 0 Å². The van der Waals surface area contributed by atoms with Gasteiger partial charge in [-0.15, -0.1) is 22.7 Å². The predicted octanol–water partition coefficient (Wildman–Crippen LogP) is 4.43. The molecule has 0 fully saturated rings. The van der Waals surface area contributed by atoms with Crippen molar-refractivity contribution < 1.29 is 4.79 Å². The van der Waals surface area contributed by atoms with Crippen molar-refractivity contribution in [3.05, 3.63) is 33.2 Å². The molecule has 0 atom stereocenters. The smallest absolute Gasteiger partial charge is 0.263 e. The zero-order chi connectivity index (χ0) is 17.5. The summed E-state index contributed by atoms with van der Waals surface area (Å²) in [6.45, 7) is 5.70. The minimum Gasteiger partial charge on any atom is -0.298 e. The van der Waals surface area contributed by atoms with E-state index >= 15 is 0 Å². The molecule has 0 aliphatic heterocycles. The van der Waals surface area contributed by atoms with E-state index in [1.54, 1.807) is 23.0 Å². The Morgan fingerprint density at radius 1 is 1.33 bits per heavy atom. The molecule has 3 heterocycles. The summed E-state index contributed by atoms with van der Waals surface area (Å²) in [6, 6.07) is 3.99. The molecule has 3 rings (SSSR count). The lowest BCUT2D eigenvalue weighted by molar-refractivity contribution is -0.123. The zero-order valence-electron chi connectivity index (χ0n) is 14.0. The van der Waals surface area contributed by atoms with Crippen LogP contribution in [0.25, 0.3) is 20.7 Å². The van der Waals surface area contributed by atoms with Crippen LogP contribution in [-0.2, 0) is 11.8 Å². The number of rotatable bonds is 4. The van der Waals surface area contributed by atoms with E-state index in [1.165, 1.54) is 23.1 Å². The molecule has 0 saturated carbocycles. The quantitative estimate of drug-likeness (QED) is 0.498. The van der Waals surface area contributed by atoms with Crippen LogP contribution in [0, 0.1) is 5.41 Å². The molecule has 0 amide bonds. The van der Waals surface area contributed by atoms with E-state index in [1.807, 2.05) is 43.7 Å². The highest BCUT2D eigenvalue weighted by Crippen LogP contribution is 2.34. The molecule has 0 aromatic carbocycles. The van der Waals surface area contributed by atoms with E-state index < -0.39 is 0 Å². The molecule has 0 bridgehead atoms. The van der Waals surface area contributed by atoms with Gasteiger partial charge in [0.15, 0.2) is 5.16 Å². The molecule has 126 valence electrons. The molecule has 0 saturated heterocycles. The number of carbonyl (C=O) groups excluding carboxylic acids is 1. The van der Waals surface area contributed by atoms with Crippen LogP contribution in [0.4, 0.5) is 0 Å². The lowest BCUT2D eigenvalue weighted by Gasteiger charge is -2.16. The second kappa shape index (κ2) is 6.46. The topological polar surface area (TPSA) is 52.0 Å². The first-order valence-electron chi connectivity index (χ1n) is 7.47. The van der Waals surface area contributed by atoms with Gasteiger partial charge in [0.25, 0.3) is 5.56 Å². The highest BCUT2D eigenvalue weighted by molar-refractivity contribution is 7.99. The minimum absolute atomic E-state index is 0.0599. The highest BCUT2D eigenvalue weighted by Gasteiger charge is 2.22. The van der Waals surface area contributed by atoms with Crippen LogP contribution in [0.2, 0.25) is 0 Å². The van der Waals surface area contributed by atoms with Crippen LogP contribution in [0.15, 0.2) is 32.8 Å². The number of hydrogen-bond donors (Lipinski definition) is 0. The Morgan fingerprint density at radius 2 is 2.08 bits per heavy atom. The first-order chi connectivity index (χ1) is 11.3. The molecule has 0 unspecified atom stereocenters. The third-order valence-corrected chi connectivity index (χ3v) is 6.53. The maximum absolute atomic E-state index is 12.8. The number of aromatic nitrogens is 2. The summed E-state index contributed by atoms with van der Waals surface area (Å²) in [7, 11) is 1.72. The molecule has 4 nitrogen and oxygen atoms in total. The fourth-order valence-corrected chi connectivity index (χ4v) is 5.08. The molecule has 7 heteroatoms. The van der Waals surface area contributed by atoms with Gasteiger partial charge in [-0.3, -0.25) is 14.2 Å². The number of nitrogens with zero attached hydrogens (tertiary/aromatic N) is 2. The third kappa shape index (κ3) is 3.20. The number of thioether (sulfide) groups is 1. The first-order valence-corrected chi connectivity index (χ1v) is 10.2. The largest absolute Gasteiger partial charge is 0.298 e. The Bertz CT molecular complexity index is 947. The second-order valence-electron chi connectivity index (χ2n) is 6.53. The van der Waals surface area contributed by atoms with Crippen molar-refractivity contribution >= 4 is 50.4 Å². The van der Waals surface area contributed by atoms with Gasteiger partial charge in [-0.2, -0.15) is 0 Å². The Labute approximate surface area is 152 Å². The summed E-state index contributed by atoms with van der Waals surface area (Å²) < 4.78 is 1.55. The van der Waals surface area contributed by atoms with Gasteiger partial charge in [0.05, 0.1) is 11.1 Å². The van der Waals surface area contributed by atoms with E-state index in [4.69, 9.17) is 0 Å². The van der Waals surface area contributed by atoms with Crippen molar-refractivity contribution in [2.75, 3.05) is 5.75 Å². The lowest BCUT2D eigenvalue weighted by atomic mass is 9.92. The summed E-state index contributed by atoms with van der Waals surface area (Å²) >= 11 is 4.41. The molecule has 0 radical (unpaired) electrons. The Kier molecular flexibility index (Phi) is 4.68. The number of fused-ring (bicyclic) bond motifs is 1. The van der Waals surface area contributed by atoms with Crippen molar-refractivity contribution in [2.45, 2.75) is 25.9 Å². The van der Waals surface area contributed by atoms with Crippen LogP contribution in [-0.4, -0.2) is 21.1 Å². The number of carbonyl (C=O) groups is 1. The van der Waals surface area contributed by atoms with Crippen LogP contribution >= 0.6 is 34.4 Å². The fourth-order valence-electron chi connectivity index (χ4n) is 2.14. The van der Waals surface area contributed by atoms with Crippen molar-refractivity contribution in [3.63, 3.8) is 0 Å². The van der Waals surface area contributed by atoms with Crippen molar-refractivity contribution in [2.24, 2.45) is 12.5 Å². The molecule has 0 spiro atoms. The minimum atomic E-state index is -0.384. The number of hydrogen-bond acceptors (Lipinski definition) is 6. The molecule has 3 aromatic heterocycles. The van der Waals surface area contributed by atoms with Crippen LogP contribution in [0.3, 0.4) is 0 Å². The summed E-state index contributed by atoms with van der Waals surface area (Å²) in [6.07, 6.45) is 0. The number of thiophene rings is 2. The van der Waals surface area contributed by atoms with Gasteiger partial charge in [-0.25, -0.2) is 4.98 Å². The first kappa shape index (κ1) is 17.4. The second-order valence-corrected chi connectivity index (χ2v) is 9.28. The fraction of sp³-hybridized carbons (Fsp3) is 0.353. The predicted molar refractivity (Wildman–Crippen MR) is 103 cm³/mol. The van der Waals surface area contributed by atoms with Crippen molar-refractivity contribution in [3.8, 4) is 10.4 Å². The van der Waals surface area contributed by atoms with Gasteiger partial charge in [-0.1, -0.05) is 38.6 Å². The van der Waals surface area contributed by atoms with Gasteiger partial charge < -0.3 is 0 Å². The highest BCUT2D eigenvalue weighted by atomic mass is 32.2. The molecule has 0 aliphatic carbocycles. The SMILES string of the molecule is Cn1c(SCC(=O)C(C)(C)C)nc2scc(-c3cccs3)c2c1=O. The van der Waals surface area contributed by atoms with Crippen molar-refractivity contribution in [1.82, 2.24) is 9.55 Å². The maximum atomic E-state index is 12.8. The number of Topliss-reactive ketones (excluding diaryl/α,β-unsaturated/α-hetero) is 1. The summed E-state index contributed by atoms with van der Waals surface area (Å²) in [5.41, 5.74) is 0.501. The molecule has 24 heavy (non-hydrogen) atoms. The maximum Gasteiger partial charge on any atom is 0.263 e. The average Bonchev–Trinajstić information content (AvgIpc) is 3.16. The summed E-state index contributed by atoms with van der Waals surface area (Å²) in [5.74, 6) is 0.464. The molecular weight excluding hydrogens is 360 g/mol. The summed E-state index contributed by atoms with van der Waals surface area (Å²) in [4.78, 5) is 31.3. The lowest BCUT2D eigenvalue weighted by Crippen LogP contribution is -2.24. The third-order valence-electron chi connectivity index (χ3n) is 3.73.